The van der Waals surface area contributed by atoms with E-state index in [0.29, 0.717) is 37.5 Å². The van der Waals surface area contributed by atoms with Crippen molar-refractivity contribution in [2.45, 2.75) is 82.9 Å². The first kappa shape index (κ1) is 36.5. The molecule has 2 aliphatic rings. The highest BCUT2D eigenvalue weighted by molar-refractivity contribution is 6.05. The number of amides is 1. The zero-order chi connectivity index (χ0) is 34.4. The molecule has 2 heterocycles. The van der Waals surface area contributed by atoms with Crippen molar-refractivity contribution in [3.63, 3.8) is 0 Å². The third-order valence-corrected chi connectivity index (χ3v) is 7.20. The topological polar surface area (TPSA) is 209 Å². The molecule has 4 unspecified atom stereocenters. The summed E-state index contributed by atoms with van der Waals surface area (Å²) in [6.07, 6.45) is -1.66. The number of hydrogen-bond acceptors (Lipinski definition) is 13. The van der Waals surface area contributed by atoms with Crippen LogP contribution in [-0.2, 0) is 39.8 Å². The number of esters is 3. The first-order valence-corrected chi connectivity index (χ1v) is 15.2. The number of ether oxygens (including phenoxy) is 5. The summed E-state index contributed by atoms with van der Waals surface area (Å²) >= 11 is 0. The summed E-state index contributed by atoms with van der Waals surface area (Å²) in [5.74, 6) is -2.36. The molecule has 0 aliphatic carbocycles. The van der Waals surface area contributed by atoms with E-state index >= 15 is 0 Å². The fourth-order valence-electron chi connectivity index (χ4n) is 5.16. The SMILES string of the molecule is COC(=O)C(N)(Cc1ccc(OCC2CN(C(C(=O)OC(C)(C)C)C(C(=N)N)N3CCNCC3)C(=O)O2)cc1)C(=O)OC(C)(C)C. The van der Waals surface area contributed by atoms with Gasteiger partial charge in [-0.05, 0) is 59.2 Å². The second-order valence-electron chi connectivity index (χ2n) is 13.4. The molecule has 46 heavy (non-hydrogen) atoms. The third kappa shape index (κ3) is 9.53. The lowest BCUT2D eigenvalue weighted by Crippen LogP contribution is -2.64. The lowest BCUT2D eigenvalue weighted by molar-refractivity contribution is -0.170. The van der Waals surface area contributed by atoms with Crippen molar-refractivity contribution in [1.82, 2.24) is 15.1 Å². The quantitative estimate of drug-likeness (QED) is 0.0804. The van der Waals surface area contributed by atoms with Crippen LogP contribution in [0.2, 0.25) is 0 Å². The van der Waals surface area contributed by atoms with Gasteiger partial charge >= 0.3 is 24.0 Å². The van der Waals surface area contributed by atoms with Crippen molar-refractivity contribution in [3.05, 3.63) is 29.8 Å². The number of nitrogens with zero attached hydrogens (tertiary/aromatic N) is 2. The van der Waals surface area contributed by atoms with Crippen LogP contribution in [0.5, 0.6) is 5.75 Å². The Bertz CT molecular complexity index is 1270. The molecule has 4 atom stereocenters. The van der Waals surface area contributed by atoms with Gasteiger partial charge in [0.1, 0.15) is 29.4 Å². The van der Waals surface area contributed by atoms with Gasteiger partial charge in [0.15, 0.2) is 12.1 Å². The van der Waals surface area contributed by atoms with Gasteiger partial charge in [0.2, 0.25) is 5.54 Å². The van der Waals surface area contributed by atoms with Crippen molar-refractivity contribution in [1.29, 1.82) is 5.41 Å². The van der Waals surface area contributed by atoms with E-state index in [-0.39, 0.29) is 25.4 Å². The van der Waals surface area contributed by atoms with Gasteiger partial charge in [-0.2, -0.15) is 0 Å². The monoisotopic (exact) mass is 648 g/mol. The van der Waals surface area contributed by atoms with Gasteiger partial charge in [-0.25, -0.2) is 19.2 Å². The smallest absolute Gasteiger partial charge is 0.411 e. The molecular weight excluding hydrogens is 600 g/mol. The minimum atomic E-state index is -2.06. The summed E-state index contributed by atoms with van der Waals surface area (Å²) in [6.45, 7) is 12.5. The van der Waals surface area contributed by atoms with Crippen molar-refractivity contribution >= 4 is 29.8 Å². The normalized spacial score (nSPS) is 20.1. The molecule has 1 amide bonds. The highest BCUT2D eigenvalue weighted by Crippen LogP contribution is 2.25. The van der Waals surface area contributed by atoms with Gasteiger partial charge in [-0.1, -0.05) is 12.1 Å². The molecule has 0 radical (unpaired) electrons. The third-order valence-electron chi connectivity index (χ3n) is 7.20. The molecule has 15 heteroatoms. The van der Waals surface area contributed by atoms with Gasteiger partial charge in [0, 0.05) is 32.6 Å². The Morgan fingerprint density at radius 3 is 2.11 bits per heavy atom. The number of nitrogens with two attached hydrogens (primary N) is 2. The van der Waals surface area contributed by atoms with Crippen LogP contribution in [0.25, 0.3) is 0 Å². The Kier molecular flexibility index (Phi) is 11.6. The summed E-state index contributed by atoms with van der Waals surface area (Å²) in [6, 6.07) is 4.41. The van der Waals surface area contributed by atoms with E-state index in [1.807, 2.05) is 4.90 Å². The summed E-state index contributed by atoms with van der Waals surface area (Å²) in [5.41, 5.74) is 9.02. The van der Waals surface area contributed by atoms with Gasteiger partial charge in [-0.3, -0.25) is 15.2 Å². The molecule has 0 spiro atoms. The van der Waals surface area contributed by atoms with E-state index in [2.05, 4.69) is 5.32 Å². The molecular formula is C31H48N6O9. The van der Waals surface area contributed by atoms with Crippen molar-refractivity contribution in [2.24, 2.45) is 11.5 Å². The maximum absolute atomic E-state index is 13.5. The number of hydrogen-bond donors (Lipinski definition) is 4. The molecule has 0 saturated carbocycles. The molecule has 1 aromatic carbocycles. The number of rotatable bonds is 12. The zero-order valence-electron chi connectivity index (χ0n) is 27.7. The van der Waals surface area contributed by atoms with E-state index in [9.17, 15) is 19.2 Å². The maximum Gasteiger partial charge on any atom is 0.411 e. The zero-order valence-corrected chi connectivity index (χ0v) is 27.7. The van der Waals surface area contributed by atoms with Crippen LogP contribution in [-0.4, -0.2) is 121 Å². The lowest BCUT2D eigenvalue weighted by Gasteiger charge is -2.40. The molecule has 256 valence electrons. The van der Waals surface area contributed by atoms with E-state index in [1.165, 1.54) is 4.90 Å². The predicted molar refractivity (Wildman–Crippen MR) is 167 cm³/mol. The summed E-state index contributed by atoms with van der Waals surface area (Å²) in [7, 11) is 1.14. The fraction of sp³-hybridized carbons (Fsp3) is 0.645. The molecule has 1 aromatic rings. The Labute approximate surface area is 269 Å². The summed E-state index contributed by atoms with van der Waals surface area (Å²) in [5, 5.41) is 11.6. The highest BCUT2D eigenvalue weighted by atomic mass is 16.6. The van der Waals surface area contributed by atoms with E-state index < -0.39 is 58.9 Å². The van der Waals surface area contributed by atoms with Crippen LogP contribution in [0, 0.1) is 5.41 Å². The Hall–Kier alpha value is -3.95. The van der Waals surface area contributed by atoms with Crippen LogP contribution >= 0.6 is 0 Å². The molecule has 2 aliphatic heterocycles. The number of amidine groups is 1. The number of benzene rings is 1. The Morgan fingerprint density at radius 1 is 1.00 bits per heavy atom. The minimum absolute atomic E-state index is 0.00140. The lowest BCUT2D eigenvalue weighted by atomic mass is 9.91. The van der Waals surface area contributed by atoms with Crippen molar-refractivity contribution in [2.75, 3.05) is 46.4 Å². The number of methoxy groups -OCH3 is 1. The highest BCUT2D eigenvalue weighted by Gasteiger charge is 2.49. The number of cyclic esters (lactones) is 1. The van der Waals surface area contributed by atoms with Crippen LogP contribution in [0.4, 0.5) is 4.79 Å². The van der Waals surface area contributed by atoms with Crippen LogP contribution in [0.1, 0.15) is 47.1 Å². The van der Waals surface area contributed by atoms with E-state index in [1.54, 1.807) is 65.8 Å². The average Bonchev–Trinajstić information content (AvgIpc) is 3.32. The predicted octanol–water partition coefficient (Wildman–Crippen LogP) is 0.561. The van der Waals surface area contributed by atoms with Gasteiger partial charge in [0.05, 0.1) is 19.7 Å². The Morgan fingerprint density at radius 2 is 1.59 bits per heavy atom. The van der Waals surface area contributed by atoms with Crippen LogP contribution in [0.3, 0.4) is 0 Å². The molecule has 2 saturated heterocycles. The summed E-state index contributed by atoms with van der Waals surface area (Å²) < 4.78 is 27.3. The Balaban J connectivity index is 1.72. The number of nitrogens with one attached hydrogen (secondary N) is 2. The first-order chi connectivity index (χ1) is 21.3. The maximum atomic E-state index is 13.5. The van der Waals surface area contributed by atoms with Crippen LogP contribution in [0.15, 0.2) is 24.3 Å². The van der Waals surface area contributed by atoms with Crippen molar-refractivity contribution < 1.29 is 42.9 Å². The second-order valence-corrected chi connectivity index (χ2v) is 13.4. The molecule has 6 N–H and O–H groups in total. The molecule has 3 rings (SSSR count). The minimum Gasteiger partial charge on any atom is -0.490 e. The largest absolute Gasteiger partial charge is 0.490 e. The molecule has 0 aromatic heterocycles. The second kappa shape index (κ2) is 14.6. The summed E-state index contributed by atoms with van der Waals surface area (Å²) in [4.78, 5) is 55.1. The number of carbonyl (C=O) groups excluding carboxylic acids is 4. The molecule has 0 bridgehead atoms. The van der Waals surface area contributed by atoms with E-state index in [4.69, 9.17) is 40.6 Å². The molecule has 15 nitrogen and oxygen atoms in total. The first-order valence-electron chi connectivity index (χ1n) is 15.2. The van der Waals surface area contributed by atoms with Gasteiger partial charge < -0.3 is 40.5 Å². The molecule has 2 fully saturated rings. The van der Waals surface area contributed by atoms with E-state index in [0.717, 1.165) is 7.11 Å². The average molecular weight is 649 g/mol. The van der Waals surface area contributed by atoms with Crippen molar-refractivity contribution in [3.8, 4) is 5.75 Å². The number of carbonyl (C=O) groups is 4. The number of piperazine rings is 1. The van der Waals surface area contributed by atoms with Gasteiger partial charge in [-0.15, -0.1) is 0 Å². The standard InChI is InChI=1S/C31H48N6O9/c1-29(2,3)45-25(38)23(22(24(32)33)36-14-12-35-13-15-36)37-17-21(44-28(37)41)18-43-20-10-8-19(9-11-20)16-31(34,26(39)42-7)27(40)46-30(4,5)6/h8-11,21-23,35H,12-18,34H2,1-7H3,(H3,32,33). The van der Waals surface area contributed by atoms with Crippen LogP contribution < -0.4 is 21.5 Å². The van der Waals surface area contributed by atoms with Gasteiger partial charge in [0.25, 0.3) is 0 Å². The fourth-order valence-corrected chi connectivity index (χ4v) is 5.16.